The van der Waals surface area contributed by atoms with Gasteiger partial charge in [-0.2, -0.15) is 5.10 Å². The number of aryl methyl sites for hydroxylation is 1. The van der Waals surface area contributed by atoms with Crippen molar-refractivity contribution in [3.8, 4) is 16.9 Å². The summed E-state index contributed by atoms with van der Waals surface area (Å²) in [5.41, 5.74) is 9.14. The number of nitrogens with zero attached hydrogens (tertiary/aromatic N) is 5. The van der Waals surface area contributed by atoms with Crippen LogP contribution in [-0.4, -0.2) is 30.2 Å². The molecule has 2 amide bonds. The number of fused-ring (bicyclic) bond motifs is 1. The number of halogens is 2. The average molecular weight is 557 g/mol. The molecule has 4 N–H and O–H groups in total. The molecular formula is C30H30F2N8O. The lowest BCUT2D eigenvalue weighted by Gasteiger charge is -2.14. The molecule has 1 fully saturated rings. The van der Waals surface area contributed by atoms with Crippen LogP contribution in [0, 0.1) is 18.6 Å². The number of carbonyl (C=O) groups excluding carboxylic acids is 1. The van der Waals surface area contributed by atoms with Gasteiger partial charge in [-0.05, 0) is 49.6 Å². The summed E-state index contributed by atoms with van der Waals surface area (Å²) in [6.07, 6.45) is 5.52. The standard InChI is InChI=1S/C30H30F2N8O/c1-16-5-9-19(14-20(16)31)40-24(15-23(38-40)30(2,3)4)36-29(41)35-22-10-8-18(13-21(22)32)25-26-27(33)34-11-12-39(26)28(37-25)17-6-7-17/h5,8-15,17H,6-7H2,1-4H3,(H2,33,34)(H2,35,36,41). The number of hydrogen-bond acceptors (Lipinski definition) is 5. The number of nitrogens with two attached hydrogens (primary N) is 1. The van der Waals surface area contributed by atoms with E-state index >= 15 is 4.39 Å². The van der Waals surface area contributed by atoms with Crippen LogP contribution in [0.2, 0.25) is 0 Å². The number of imidazole rings is 1. The number of amides is 2. The lowest BCUT2D eigenvalue weighted by Crippen LogP contribution is -2.22. The zero-order valence-corrected chi connectivity index (χ0v) is 23.2. The summed E-state index contributed by atoms with van der Waals surface area (Å²) in [6.45, 7) is 7.62. The fourth-order valence-electron chi connectivity index (χ4n) is 4.70. The van der Waals surface area contributed by atoms with Crippen LogP contribution in [-0.2, 0) is 5.41 Å². The fourth-order valence-corrected chi connectivity index (χ4v) is 4.70. The molecule has 0 unspecified atom stereocenters. The fraction of sp³-hybridized carbons (Fsp3) is 0.267. The van der Waals surface area contributed by atoms with Crippen LogP contribution in [0.5, 0.6) is 0 Å². The van der Waals surface area contributed by atoms with Crippen LogP contribution in [0.15, 0.2) is 54.9 Å². The SMILES string of the molecule is Cc1ccc(-n2nc(C(C)(C)C)cc2NC(=O)Nc2ccc(-c3nc(C4CC4)n4ccnc(N)c34)cc2F)cc1F. The van der Waals surface area contributed by atoms with E-state index in [0.717, 1.165) is 18.7 Å². The van der Waals surface area contributed by atoms with Crippen molar-refractivity contribution in [2.75, 3.05) is 16.4 Å². The third kappa shape index (κ3) is 4.99. The molecule has 0 saturated heterocycles. The molecule has 0 bridgehead atoms. The molecule has 210 valence electrons. The second kappa shape index (κ2) is 9.69. The topological polar surface area (TPSA) is 115 Å². The molecule has 0 aliphatic heterocycles. The van der Waals surface area contributed by atoms with Crippen LogP contribution in [0.4, 0.5) is 30.9 Å². The average Bonchev–Trinajstić information content (AvgIpc) is 3.54. The van der Waals surface area contributed by atoms with Crippen LogP contribution >= 0.6 is 0 Å². The summed E-state index contributed by atoms with van der Waals surface area (Å²) in [7, 11) is 0. The molecule has 9 nitrogen and oxygen atoms in total. The van der Waals surface area contributed by atoms with Gasteiger partial charge in [-0.25, -0.2) is 28.2 Å². The minimum absolute atomic E-state index is 0.0215. The van der Waals surface area contributed by atoms with Gasteiger partial charge in [0.15, 0.2) is 0 Å². The minimum atomic E-state index is -0.678. The van der Waals surface area contributed by atoms with Crippen molar-refractivity contribution >= 4 is 28.9 Å². The molecule has 0 radical (unpaired) electrons. The van der Waals surface area contributed by atoms with Gasteiger partial charge >= 0.3 is 6.03 Å². The Balaban J connectivity index is 1.27. The molecule has 11 heteroatoms. The number of carbonyl (C=O) groups is 1. The highest BCUT2D eigenvalue weighted by molar-refractivity contribution is 6.00. The van der Waals surface area contributed by atoms with E-state index in [2.05, 4.69) is 20.7 Å². The molecule has 41 heavy (non-hydrogen) atoms. The summed E-state index contributed by atoms with van der Waals surface area (Å²) in [4.78, 5) is 22.0. The van der Waals surface area contributed by atoms with E-state index in [1.807, 2.05) is 31.4 Å². The first-order chi connectivity index (χ1) is 19.5. The first-order valence-electron chi connectivity index (χ1n) is 13.4. The van der Waals surface area contributed by atoms with Crippen molar-refractivity contribution in [3.63, 3.8) is 0 Å². The van der Waals surface area contributed by atoms with Crippen molar-refractivity contribution in [2.24, 2.45) is 0 Å². The zero-order valence-electron chi connectivity index (χ0n) is 23.2. The summed E-state index contributed by atoms with van der Waals surface area (Å²) in [6, 6.07) is 10.2. The molecule has 5 aromatic rings. The Labute approximate surface area is 235 Å². The van der Waals surface area contributed by atoms with Crippen molar-refractivity contribution < 1.29 is 13.6 Å². The Morgan fingerprint density at radius 3 is 2.51 bits per heavy atom. The highest BCUT2D eigenvalue weighted by Crippen LogP contribution is 2.42. The van der Waals surface area contributed by atoms with Gasteiger partial charge in [0.2, 0.25) is 0 Å². The number of nitrogen functional groups attached to an aromatic ring is 1. The van der Waals surface area contributed by atoms with Crippen LogP contribution in [0.1, 0.15) is 56.6 Å². The van der Waals surface area contributed by atoms with Crippen LogP contribution in [0.25, 0.3) is 22.5 Å². The smallest absolute Gasteiger partial charge is 0.324 e. The van der Waals surface area contributed by atoms with E-state index in [1.165, 1.54) is 22.9 Å². The van der Waals surface area contributed by atoms with Gasteiger partial charge in [-0.3, -0.25) is 9.72 Å². The monoisotopic (exact) mass is 556 g/mol. The van der Waals surface area contributed by atoms with Gasteiger partial charge in [0.25, 0.3) is 0 Å². The summed E-state index contributed by atoms with van der Waals surface area (Å²) < 4.78 is 33.0. The molecule has 1 aliphatic rings. The second-order valence-electron chi connectivity index (χ2n) is 11.4. The van der Waals surface area contributed by atoms with Gasteiger partial charge in [0.05, 0.1) is 17.1 Å². The number of nitrogens with one attached hydrogen (secondary N) is 2. The number of anilines is 3. The minimum Gasteiger partial charge on any atom is -0.382 e. The molecule has 1 saturated carbocycles. The Kier molecular flexibility index (Phi) is 6.24. The molecule has 1 aliphatic carbocycles. The molecule has 0 spiro atoms. The van der Waals surface area contributed by atoms with Gasteiger partial charge in [-0.1, -0.05) is 32.9 Å². The van der Waals surface area contributed by atoms with Gasteiger partial charge in [0.1, 0.15) is 40.3 Å². The van der Waals surface area contributed by atoms with E-state index in [-0.39, 0.29) is 16.9 Å². The van der Waals surface area contributed by atoms with Gasteiger partial charge in [0, 0.05) is 35.4 Å². The normalized spacial score (nSPS) is 13.5. The zero-order chi connectivity index (χ0) is 29.1. The Bertz CT molecular complexity index is 1810. The van der Waals surface area contributed by atoms with Crippen molar-refractivity contribution in [1.29, 1.82) is 0 Å². The maximum absolute atomic E-state index is 15.3. The lowest BCUT2D eigenvalue weighted by atomic mass is 9.92. The number of urea groups is 1. The van der Waals surface area contributed by atoms with Crippen molar-refractivity contribution in [3.05, 3.63) is 83.6 Å². The number of aromatic nitrogens is 5. The first-order valence-corrected chi connectivity index (χ1v) is 13.4. The quantitative estimate of drug-likeness (QED) is 0.227. The van der Waals surface area contributed by atoms with Crippen molar-refractivity contribution in [2.45, 2.75) is 51.9 Å². The molecule has 6 rings (SSSR count). The summed E-state index contributed by atoms with van der Waals surface area (Å²) in [5, 5.41) is 9.90. The molecule has 3 heterocycles. The van der Waals surface area contributed by atoms with Crippen molar-refractivity contribution in [1.82, 2.24) is 24.1 Å². The highest BCUT2D eigenvalue weighted by Gasteiger charge is 2.30. The lowest BCUT2D eigenvalue weighted by molar-refractivity contribution is 0.262. The van der Waals surface area contributed by atoms with E-state index in [9.17, 15) is 9.18 Å². The largest absolute Gasteiger partial charge is 0.382 e. The Morgan fingerprint density at radius 2 is 1.83 bits per heavy atom. The van der Waals surface area contributed by atoms with E-state index < -0.39 is 11.8 Å². The Morgan fingerprint density at radius 1 is 1.05 bits per heavy atom. The molecule has 3 aromatic heterocycles. The van der Waals surface area contributed by atoms with Crippen LogP contribution < -0.4 is 16.4 Å². The third-order valence-electron chi connectivity index (χ3n) is 7.16. The Hall–Kier alpha value is -4.80. The molecule has 2 aromatic carbocycles. The third-order valence-corrected chi connectivity index (χ3v) is 7.16. The number of hydrogen-bond donors (Lipinski definition) is 3. The molecular weight excluding hydrogens is 526 g/mol. The van der Waals surface area contributed by atoms with E-state index in [0.29, 0.717) is 51.3 Å². The van der Waals surface area contributed by atoms with Gasteiger partial charge < -0.3 is 11.1 Å². The van der Waals surface area contributed by atoms with E-state index in [4.69, 9.17) is 10.7 Å². The summed E-state index contributed by atoms with van der Waals surface area (Å²) in [5.74, 6) is 0.817. The predicted octanol–water partition coefficient (Wildman–Crippen LogP) is 6.57. The highest BCUT2D eigenvalue weighted by atomic mass is 19.1. The van der Waals surface area contributed by atoms with Gasteiger partial charge in [-0.15, -0.1) is 0 Å². The maximum atomic E-state index is 15.3. The van der Waals surface area contributed by atoms with Crippen LogP contribution in [0.3, 0.4) is 0 Å². The predicted molar refractivity (Wildman–Crippen MR) is 154 cm³/mol. The van der Waals surface area contributed by atoms with E-state index in [1.54, 1.807) is 37.4 Å². The second-order valence-corrected chi connectivity index (χ2v) is 11.4. The first kappa shape index (κ1) is 26.4. The molecule has 0 atom stereocenters. The number of benzene rings is 2. The summed E-state index contributed by atoms with van der Waals surface area (Å²) >= 11 is 0. The maximum Gasteiger partial charge on any atom is 0.324 e. The number of rotatable bonds is 5.